The lowest BCUT2D eigenvalue weighted by Gasteiger charge is -2.45. The van der Waals surface area contributed by atoms with Gasteiger partial charge in [0.1, 0.15) is 0 Å². The standard InChI is InChI=1S/C31H31N7O13/c1-15-19(12-36-25(15)24(16(2)39)26(36)41)11-35-13-22(23(40)14-35)32-29(33-30(44)50-27(42)17-3-7-20(8-4-17)37(46)47)34-31(45)51-28(43)18-5-9-21(10-6-18)38(48)49/h3-10,12,15-16,22-25,39-40H,11,13-14H2,1-2H3,(H2,32,33,34,44,45)/t15-,16+,22-,23-,24?,25+/m0/s1. The second-order valence-electron chi connectivity index (χ2n) is 12.0. The van der Waals surface area contributed by atoms with Crippen LogP contribution >= 0.6 is 0 Å². The summed E-state index contributed by atoms with van der Waals surface area (Å²) in [4.78, 5) is 90.1. The highest BCUT2D eigenvalue weighted by Crippen LogP contribution is 2.43. The quantitative estimate of drug-likeness (QED) is 0.0568. The van der Waals surface area contributed by atoms with Crippen LogP contribution in [0.3, 0.4) is 0 Å². The summed E-state index contributed by atoms with van der Waals surface area (Å²) in [5, 5.41) is 47.4. The Kier molecular flexibility index (Phi) is 10.5. The van der Waals surface area contributed by atoms with Crippen molar-refractivity contribution in [2.75, 3.05) is 19.6 Å². The number of β-amino-alcohol motifs (C(OH)–C–C–N with tert-alkyl or cyclic N) is 1. The van der Waals surface area contributed by atoms with Crippen LogP contribution in [0.15, 0.2) is 65.3 Å². The zero-order valence-electron chi connectivity index (χ0n) is 26.9. The molecule has 0 spiro atoms. The lowest BCUT2D eigenvalue weighted by Crippen LogP contribution is -2.61. The van der Waals surface area contributed by atoms with E-state index < -0.39 is 64.1 Å². The summed E-state index contributed by atoms with van der Waals surface area (Å²) in [6, 6.07) is 7.17. The van der Waals surface area contributed by atoms with Crippen LogP contribution in [0.2, 0.25) is 0 Å². The number of benzene rings is 2. The second kappa shape index (κ2) is 14.8. The number of carbonyl (C=O) groups excluding carboxylic acids is 5. The largest absolute Gasteiger partial charge is 0.444 e. The number of nitrogens with zero attached hydrogens (tertiary/aromatic N) is 5. The number of likely N-dealkylation sites (tertiary alicyclic amines) is 1. The van der Waals surface area contributed by atoms with Crippen LogP contribution in [-0.4, -0.2) is 110 Å². The third-order valence-corrected chi connectivity index (χ3v) is 8.66. The highest BCUT2D eigenvalue weighted by molar-refractivity contribution is 6.05. The van der Waals surface area contributed by atoms with Crippen LogP contribution in [-0.2, 0) is 14.3 Å². The Hall–Kier alpha value is -6.12. The number of alkyl carbamates (subject to hydrolysis) is 1. The number of rotatable bonds is 8. The van der Waals surface area contributed by atoms with Crippen molar-refractivity contribution in [3.63, 3.8) is 0 Å². The van der Waals surface area contributed by atoms with Gasteiger partial charge in [-0.3, -0.25) is 35.2 Å². The number of aliphatic hydroxyl groups is 2. The Labute approximate surface area is 287 Å². The van der Waals surface area contributed by atoms with E-state index in [1.165, 1.54) is 0 Å². The van der Waals surface area contributed by atoms with E-state index in [9.17, 15) is 54.4 Å². The molecular weight excluding hydrogens is 678 g/mol. The third-order valence-electron chi connectivity index (χ3n) is 8.66. The van der Waals surface area contributed by atoms with Gasteiger partial charge < -0.3 is 29.9 Å². The summed E-state index contributed by atoms with van der Waals surface area (Å²) in [5.74, 6) is -3.91. The number of hydrogen-bond donors (Lipinski definition) is 4. The molecule has 5 rings (SSSR count). The molecule has 2 aromatic rings. The van der Waals surface area contributed by atoms with Crippen molar-refractivity contribution in [2.24, 2.45) is 16.8 Å². The fourth-order valence-corrected chi connectivity index (χ4v) is 6.07. The van der Waals surface area contributed by atoms with Gasteiger partial charge in [-0.25, -0.2) is 19.2 Å². The van der Waals surface area contributed by atoms with Gasteiger partial charge in [0.05, 0.1) is 51.2 Å². The van der Waals surface area contributed by atoms with Crippen LogP contribution in [0.5, 0.6) is 0 Å². The van der Waals surface area contributed by atoms with Crippen LogP contribution in [0.4, 0.5) is 21.0 Å². The molecule has 268 valence electrons. The molecular formula is C31H31N7O13. The predicted molar refractivity (Wildman–Crippen MR) is 171 cm³/mol. The van der Waals surface area contributed by atoms with Crippen LogP contribution in [0, 0.1) is 32.1 Å². The van der Waals surface area contributed by atoms with E-state index in [0.717, 1.165) is 54.1 Å². The van der Waals surface area contributed by atoms with Gasteiger partial charge in [-0.05, 0) is 36.8 Å². The number of non-ortho nitro benzene ring substituents is 2. The zero-order valence-corrected chi connectivity index (χ0v) is 26.9. The third kappa shape index (κ3) is 8.03. The number of aliphatic hydroxyl groups excluding tert-OH is 2. The molecule has 1 unspecified atom stereocenters. The Morgan fingerprint density at radius 2 is 1.51 bits per heavy atom. The van der Waals surface area contributed by atoms with E-state index in [1.807, 2.05) is 17.1 Å². The lowest BCUT2D eigenvalue weighted by molar-refractivity contribution is -0.385. The zero-order chi connectivity index (χ0) is 37.1. The minimum absolute atomic E-state index is 0.0728. The topological polar surface area (TPSA) is 273 Å². The summed E-state index contributed by atoms with van der Waals surface area (Å²) >= 11 is 0. The number of amides is 3. The highest BCUT2D eigenvalue weighted by Gasteiger charge is 2.55. The normalized spacial score (nSPS) is 23.3. The summed E-state index contributed by atoms with van der Waals surface area (Å²) in [7, 11) is 0. The summed E-state index contributed by atoms with van der Waals surface area (Å²) in [6.45, 7) is 4.06. The number of carbonyl (C=O) groups is 5. The van der Waals surface area contributed by atoms with E-state index >= 15 is 0 Å². The van der Waals surface area contributed by atoms with Gasteiger partial charge in [0.15, 0.2) is 0 Å². The van der Waals surface area contributed by atoms with Crippen molar-refractivity contribution in [3.05, 3.63) is 91.7 Å². The fourth-order valence-electron chi connectivity index (χ4n) is 6.07. The molecule has 0 aliphatic carbocycles. The summed E-state index contributed by atoms with van der Waals surface area (Å²) in [5.41, 5.74) is -0.208. The van der Waals surface area contributed by atoms with Gasteiger partial charge in [0, 0.05) is 56.0 Å². The average molecular weight is 710 g/mol. The summed E-state index contributed by atoms with van der Waals surface area (Å²) in [6.07, 6.45) is -3.20. The number of fused-ring (bicyclic) bond motifs is 1. The molecule has 4 N–H and O–H groups in total. The first-order chi connectivity index (χ1) is 24.1. The maximum Gasteiger partial charge on any atom is 0.444 e. The SMILES string of the molecule is C[C@@H](O)C1C(=O)N2C=C(CN3C[C@H](NC(=NC(=O)OC(=O)c4ccc([N+](=O)[O-])cc4)NC(=O)OC(=O)c4ccc([N+](=O)[O-])cc4)[C@@H](O)C3)[C@H](C)[C@H]12. The minimum Gasteiger partial charge on any atom is -0.393 e. The number of nitrogens with one attached hydrogen (secondary N) is 2. The molecule has 3 amide bonds. The molecule has 20 nitrogen and oxygen atoms in total. The van der Waals surface area contributed by atoms with Gasteiger partial charge >= 0.3 is 24.1 Å². The Morgan fingerprint density at radius 1 is 0.961 bits per heavy atom. The van der Waals surface area contributed by atoms with Crippen molar-refractivity contribution >= 4 is 47.4 Å². The van der Waals surface area contributed by atoms with E-state index in [0.29, 0.717) is 6.54 Å². The molecule has 3 heterocycles. The van der Waals surface area contributed by atoms with Crippen molar-refractivity contribution in [1.29, 1.82) is 0 Å². The minimum atomic E-state index is -1.56. The molecule has 2 saturated heterocycles. The fraction of sp³-hybridized carbons (Fsp3) is 0.355. The smallest absolute Gasteiger partial charge is 0.393 e. The number of β-lactam (4-membered cyclic amide) rings is 1. The number of esters is 2. The number of nitro groups is 2. The Balaban J connectivity index is 1.27. The van der Waals surface area contributed by atoms with E-state index in [-0.39, 0.29) is 53.5 Å². The van der Waals surface area contributed by atoms with Crippen LogP contribution < -0.4 is 10.6 Å². The molecule has 0 bridgehead atoms. The lowest BCUT2D eigenvalue weighted by atomic mass is 9.77. The van der Waals surface area contributed by atoms with Crippen molar-refractivity contribution in [3.8, 4) is 0 Å². The first-order valence-corrected chi connectivity index (χ1v) is 15.4. The van der Waals surface area contributed by atoms with Crippen molar-refractivity contribution in [2.45, 2.75) is 38.1 Å². The average Bonchev–Trinajstić information content (AvgIpc) is 3.55. The molecule has 0 aromatic heterocycles. The van der Waals surface area contributed by atoms with Gasteiger partial charge in [0.2, 0.25) is 11.9 Å². The van der Waals surface area contributed by atoms with Gasteiger partial charge in [0.25, 0.3) is 11.4 Å². The number of guanidine groups is 1. The van der Waals surface area contributed by atoms with Crippen molar-refractivity contribution < 1.29 is 53.5 Å². The molecule has 2 aromatic carbocycles. The molecule has 6 atom stereocenters. The molecule has 51 heavy (non-hydrogen) atoms. The van der Waals surface area contributed by atoms with E-state index in [4.69, 9.17) is 4.74 Å². The molecule has 3 aliphatic heterocycles. The molecule has 0 radical (unpaired) electrons. The summed E-state index contributed by atoms with van der Waals surface area (Å²) < 4.78 is 9.40. The number of nitro benzene ring substituents is 2. The maximum absolute atomic E-state index is 12.7. The molecule has 20 heteroatoms. The monoisotopic (exact) mass is 709 g/mol. The first-order valence-electron chi connectivity index (χ1n) is 15.4. The maximum atomic E-state index is 12.7. The number of ether oxygens (including phenoxy) is 2. The van der Waals surface area contributed by atoms with Gasteiger partial charge in [-0.2, -0.15) is 0 Å². The van der Waals surface area contributed by atoms with Gasteiger partial charge in [-0.15, -0.1) is 4.99 Å². The molecule has 2 fully saturated rings. The van der Waals surface area contributed by atoms with Gasteiger partial charge in [-0.1, -0.05) is 6.92 Å². The Morgan fingerprint density at radius 3 is 2.04 bits per heavy atom. The van der Waals surface area contributed by atoms with E-state index in [1.54, 1.807) is 18.0 Å². The van der Waals surface area contributed by atoms with Crippen LogP contribution in [0.25, 0.3) is 0 Å². The highest BCUT2D eigenvalue weighted by atomic mass is 16.6. The van der Waals surface area contributed by atoms with E-state index in [2.05, 4.69) is 15.0 Å². The molecule has 3 aliphatic rings. The predicted octanol–water partition coefficient (Wildman–Crippen LogP) is 1.08. The van der Waals surface area contributed by atoms with Crippen molar-refractivity contribution in [1.82, 2.24) is 20.4 Å². The number of hydrogen-bond acceptors (Lipinski definition) is 14. The molecule has 0 saturated carbocycles. The first kappa shape index (κ1) is 36.2. The van der Waals surface area contributed by atoms with Crippen LogP contribution in [0.1, 0.15) is 34.6 Å². The Bertz CT molecular complexity index is 1830. The second-order valence-corrected chi connectivity index (χ2v) is 12.0. The number of aliphatic imine (C=N–C) groups is 1.